The second-order valence-electron chi connectivity index (χ2n) is 8.17. The van der Waals surface area contributed by atoms with Gasteiger partial charge in [-0.25, -0.2) is 9.07 Å². The molecular formula is C25H33FN4O4. The molecule has 2 aromatic carbocycles. The third kappa shape index (κ3) is 7.51. The van der Waals surface area contributed by atoms with Gasteiger partial charge in [0.15, 0.2) is 5.82 Å². The second-order valence-corrected chi connectivity index (χ2v) is 8.17. The van der Waals surface area contributed by atoms with E-state index in [0.717, 1.165) is 5.69 Å². The lowest BCUT2D eigenvalue weighted by atomic mass is 10.2. The topological polar surface area (TPSA) is 90.7 Å². The molecule has 0 radical (unpaired) electrons. The smallest absolute Gasteiger partial charge is 0.336 e. The van der Waals surface area contributed by atoms with Crippen LogP contribution < -0.4 is 10.1 Å². The van der Waals surface area contributed by atoms with Crippen molar-refractivity contribution in [2.24, 2.45) is 5.92 Å². The molecule has 8 nitrogen and oxygen atoms in total. The van der Waals surface area contributed by atoms with Crippen LogP contribution in [0, 0.1) is 11.7 Å². The van der Waals surface area contributed by atoms with Crippen molar-refractivity contribution in [1.29, 1.82) is 0 Å². The molecule has 0 fully saturated rings. The first-order valence-corrected chi connectivity index (χ1v) is 11.5. The predicted molar refractivity (Wildman–Crippen MR) is 129 cm³/mol. The number of hydrogen-bond acceptors (Lipinski definition) is 7. The molecule has 34 heavy (non-hydrogen) atoms. The summed E-state index contributed by atoms with van der Waals surface area (Å²) in [4.78, 5) is 4.41. The van der Waals surface area contributed by atoms with Gasteiger partial charge >= 0.3 is 6.01 Å². The van der Waals surface area contributed by atoms with Crippen molar-refractivity contribution in [1.82, 2.24) is 14.8 Å². The molecule has 0 spiro atoms. The Hall–Kier alpha value is -3.01. The van der Waals surface area contributed by atoms with Gasteiger partial charge in [0.2, 0.25) is 0 Å². The Labute approximate surface area is 199 Å². The van der Waals surface area contributed by atoms with Crippen molar-refractivity contribution in [2.45, 2.75) is 26.9 Å². The number of rotatable bonds is 14. The Balaban J connectivity index is 1.72. The first-order chi connectivity index (χ1) is 16.5. The van der Waals surface area contributed by atoms with Gasteiger partial charge in [-0.3, -0.25) is 0 Å². The van der Waals surface area contributed by atoms with Gasteiger partial charge in [0.25, 0.3) is 0 Å². The maximum Gasteiger partial charge on any atom is 0.336 e. The Morgan fingerprint density at radius 3 is 2.50 bits per heavy atom. The molecule has 0 unspecified atom stereocenters. The lowest BCUT2D eigenvalue weighted by Gasteiger charge is -2.14. The molecule has 0 saturated carbocycles. The van der Waals surface area contributed by atoms with Crippen LogP contribution in [0.25, 0.3) is 17.1 Å². The van der Waals surface area contributed by atoms with Crippen molar-refractivity contribution < 1.29 is 23.7 Å². The predicted octanol–water partition coefficient (Wildman–Crippen LogP) is 3.93. The number of halogens is 1. The monoisotopic (exact) mass is 472 g/mol. The standard InChI is InChI=1S/C25H33FN4O4/c1-4-32-13-14-34-25-28-24(22-7-5-6-8-23(22)26)30(29-25)20-11-9-19(10-12-20)27-15-21(31)17-33-16-18(2)3/h5-12,18,21,27,31H,4,13-17H2,1-3H3/t21-/m1/s1. The first kappa shape index (κ1) is 25.6. The number of benzene rings is 2. The zero-order valence-electron chi connectivity index (χ0n) is 19.9. The Kier molecular flexibility index (Phi) is 9.81. The van der Waals surface area contributed by atoms with E-state index in [4.69, 9.17) is 14.2 Å². The summed E-state index contributed by atoms with van der Waals surface area (Å²) in [6.45, 7) is 8.58. The molecular weight excluding hydrogens is 439 g/mol. The van der Waals surface area contributed by atoms with Crippen LogP contribution in [0.3, 0.4) is 0 Å². The average Bonchev–Trinajstić information content (AvgIpc) is 3.25. The maximum atomic E-state index is 14.5. The van der Waals surface area contributed by atoms with E-state index in [2.05, 4.69) is 29.2 Å². The maximum absolute atomic E-state index is 14.5. The van der Waals surface area contributed by atoms with Crippen LogP contribution >= 0.6 is 0 Å². The summed E-state index contributed by atoms with van der Waals surface area (Å²) in [5.74, 6) is 0.362. The van der Waals surface area contributed by atoms with E-state index in [1.807, 2.05) is 31.2 Å². The van der Waals surface area contributed by atoms with Gasteiger partial charge in [0, 0.05) is 25.4 Å². The minimum Gasteiger partial charge on any atom is -0.460 e. The van der Waals surface area contributed by atoms with Gasteiger partial charge in [-0.15, -0.1) is 5.10 Å². The van der Waals surface area contributed by atoms with E-state index < -0.39 is 11.9 Å². The summed E-state index contributed by atoms with van der Waals surface area (Å²) in [6.07, 6.45) is -0.613. The summed E-state index contributed by atoms with van der Waals surface area (Å²) in [6, 6.07) is 14.0. The van der Waals surface area contributed by atoms with E-state index in [1.165, 1.54) is 6.07 Å². The van der Waals surface area contributed by atoms with E-state index in [0.29, 0.717) is 56.0 Å². The third-order valence-electron chi connectivity index (χ3n) is 4.78. The number of nitrogens with zero attached hydrogens (tertiary/aromatic N) is 3. The first-order valence-electron chi connectivity index (χ1n) is 11.5. The van der Waals surface area contributed by atoms with Gasteiger partial charge in [0.05, 0.1) is 30.6 Å². The highest BCUT2D eigenvalue weighted by Crippen LogP contribution is 2.26. The highest BCUT2D eigenvalue weighted by atomic mass is 19.1. The largest absolute Gasteiger partial charge is 0.460 e. The molecule has 3 aromatic rings. The molecule has 184 valence electrons. The van der Waals surface area contributed by atoms with Gasteiger partial charge in [0.1, 0.15) is 12.4 Å². The van der Waals surface area contributed by atoms with Crippen molar-refractivity contribution in [3.05, 3.63) is 54.3 Å². The number of nitrogens with one attached hydrogen (secondary N) is 1. The van der Waals surface area contributed by atoms with Gasteiger partial charge in [-0.2, -0.15) is 4.98 Å². The molecule has 1 atom stereocenters. The molecule has 9 heteroatoms. The fraction of sp³-hybridized carbons (Fsp3) is 0.440. The number of hydrogen-bond donors (Lipinski definition) is 2. The number of aromatic nitrogens is 3. The minimum atomic E-state index is -0.613. The molecule has 0 aliphatic rings. The third-order valence-corrected chi connectivity index (χ3v) is 4.78. The Morgan fingerprint density at radius 1 is 1.03 bits per heavy atom. The van der Waals surface area contributed by atoms with Crippen molar-refractivity contribution in [2.75, 3.05) is 44.9 Å². The van der Waals surface area contributed by atoms with Crippen LogP contribution in [0.1, 0.15) is 20.8 Å². The molecule has 0 bridgehead atoms. The number of ether oxygens (including phenoxy) is 3. The van der Waals surface area contributed by atoms with E-state index >= 15 is 0 Å². The summed E-state index contributed by atoms with van der Waals surface area (Å²) < 4.78 is 32.4. The zero-order chi connectivity index (χ0) is 24.3. The summed E-state index contributed by atoms with van der Waals surface area (Å²) in [7, 11) is 0. The second kappa shape index (κ2) is 13.0. The molecule has 3 rings (SSSR count). The highest BCUT2D eigenvalue weighted by molar-refractivity contribution is 5.60. The quantitative estimate of drug-likeness (QED) is 0.344. The summed E-state index contributed by atoms with van der Waals surface area (Å²) in [5.41, 5.74) is 1.84. The van der Waals surface area contributed by atoms with E-state index in [1.54, 1.807) is 22.9 Å². The fourth-order valence-corrected chi connectivity index (χ4v) is 3.14. The lowest BCUT2D eigenvalue weighted by molar-refractivity contribution is 0.0318. The highest BCUT2D eigenvalue weighted by Gasteiger charge is 2.17. The molecule has 0 saturated heterocycles. The SMILES string of the molecule is CCOCCOc1nc(-c2ccccc2F)n(-c2ccc(NC[C@@H](O)COCC(C)C)cc2)n1. The van der Waals surface area contributed by atoms with Gasteiger partial charge in [-0.1, -0.05) is 26.0 Å². The lowest BCUT2D eigenvalue weighted by Crippen LogP contribution is -2.25. The number of anilines is 1. The molecule has 1 heterocycles. The average molecular weight is 473 g/mol. The zero-order valence-corrected chi connectivity index (χ0v) is 19.9. The van der Waals surface area contributed by atoms with Crippen LogP contribution in [0.2, 0.25) is 0 Å². The van der Waals surface area contributed by atoms with E-state index in [9.17, 15) is 9.50 Å². The van der Waals surface area contributed by atoms with Crippen molar-refractivity contribution in [3.63, 3.8) is 0 Å². The normalized spacial score (nSPS) is 12.2. The summed E-state index contributed by atoms with van der Waals surface area (Å²) >= 11 is 0. The van der Waals surface area contributed by atoms with Crippen LogP contribution in [-0.4, -0.2) is 65.6 Å². The van der Waals surface area contributed by atoms with Crippen LogP contribution in [-0.2, 0) is 9.47 Å². The van der Waals surface area contributed by atoms with E-state index in [-0.39, 0.29) is 12.6 Å². The minimum absolute atomic E-state index is 0.143. The summed E-state index contributed by atoms with van der Waals surface area (Å²) in [5, 5.41) is 17.7. The van der Waals surface area contributed by atoms with Gasteiger partial charge < -0.3 is 24.6 Å². The van der Waals surface area contributed by atoms with Crippen molar-refractivity contribution >= 4 is 5.69 Å². The Morgan fingerprint density at radius 2 is 1.79 bits per heavy atom. The molecule has 1 aromatic heterocycles. The molecule has 0 amide bonds. The number of aliphatic hydroxyl groups excluding tert-OH is 1. The Bertz CT molecular complexity index is 1010. The number of aliphatic hydroxyl groups is 1. The van der Waals surface area contributed by atoms with Crippen LogP contribution in [0.4, 0.5) is 10.1 Å². The van der Waals surface area contributed by atoms with Gasteiger partial charge in [-0.05, 0) is 49.2 Å². The molecule has 0 aliphatic heterocycles. The van der Waals surface area contributed by atoms with Crippen LogP contribution in [0.5, 0.6) is 6.01 Å². The van der Waals surface area contributed by atoms with Crippen LogP contribution in [0.15, 0.2) is 48.5 Å². The molecule has 2 N–H and O–H groups in total. The fourth-order valence-electron chi connectivity index (χ4n) is 3.14. The van der Waals surface area contributed by atoms with Crippen molar-refractivity contribution in [3.8, 4) is 23.1 Å². The molecule has 0 aliphatic carbocycles.